The van der Waals surface area contributed by atoms with Gasteiger partial charge in [-0.2, -0.15) is 0 Å². The van der Waals surface area contributed by atoms with E-state index in [1.165, 1.54) is 0 Å². The highest BCUT2D eigenvalue weighted by Crippen LogP contribution is 2.14. The molecule has 0 saturated carbocycles. The lowest BCUT2D eigenvalue weighted by Gasteiger charge is -2.18. The molecular formula is C5H7N2-. The zero-order valence-electron chi connectivity index (χ0n) is 4.26. The van der Waals surface area contributed by atoms with Gasteiger partial charge in [-0.3, -0.25) is 0 Å². The quantitative estimate of drug-likeness (QED) is 0.442. The highest BCUT2D eigenvalue weighted by molar-refractivity contribution is 5.27. The SMILES string of the molecule is C=C1[N-]C=CN1C. The van der Waals surface area contributed by atoms with E-state index < -0.39 is 0 Å². The van der Waals surface area contributed by atoms with E-state index in [4.69, 9.17) is 0 Å². The minimum Gasteiger partial charge on any atom is -0.453 e. The van der Waals surface area contributed by atoms with Crippen molar-refractivity contribution in [2.45, 2.75) is 0 Å². The second-order valence-electron chi connectivity index (χ2n) is 1.45. The van der Waals surface area contributed by atoms with Crippen molar-refractivity contribution in [2.24, 2.45) is 0 Å². The van der Waals surface area contributed by atoms with Gasteiger partial charge in [-0.15, -0.1) is 0 Å². The summed E-state index contributed by atoms with van der Waals surface area (Å²) >= 11 is 0. The van der Waals surface area contributed by atoms with Gasteiger partial charge >= 0.3 is 0 Å². The van der Waals surface area contributed by atoms with E-state index in [1.807, 2.05) is 18.1 Å². The Bertz CT molecular complexity index is 115. The summed E-state index contributed by atoms with van der Waals surface area (Å²) in [6, 6.07) is 0. The zero-order chi connectivity index (χ0) is 5.28. The summed E-state index contributed by atoms with van der Waals surface area (Å²) in [5, 5.41) is 3.87. The maximum absolute atomic E-state index is 3.87. The molecule has 0 N–H and O–H groups in total. The lowest BCUT2D eigenvalue weighted by Crippen LogP contribution is -2.01. The van der Waals surface area contributed by atoms with Gasteiger partial charge in [0.1, 0.15) is 0 Å². The molecule has 0 aromatic carbocycles. The van der Waals surface area contributed by atoms with Crippen LogP contribution in [0.2, 0.25) is 0 Å². The molecule has 7 heavy (non-hydrogen) atoms. The highest BCUT2D eigenvalue weighted by Gasteiger charge is 1.86. The second kappa shape index (κ2) is 1.30. The van der Waals surface area contributed by atoms with Crippen LogP contribution in [-0.4, -0.2) is 11.9 Å². The van der Waals surface area contributed by atoms with Crippen LogP contribution in [0.25, 0.3) is 5.32 Å². The van der Waals surface area contributed by atoms with Crippen LogP contribution in [-0.2, 0) is 0 Å². The molecule has 1 rings (SSSR count). The number of hydrogen-bond donors (Lipinski definition) is 0. The first-order valence-corrected chi connectivity index (χ1v) is 2.10. The highest BCUT2D eigenvalue weighted by atomic mass is 15.2. The fraction of sp³-hybridized carbons (Fsp3) is 0.200. The standard InChI is InChI=1S/C5H7N2/c1-5-6-3-4-7(5)2/h3-4H,1H2,2H3/q-1. The maximum atomic E-state index is 3.87. The average molecular weight is 95.1 g/mol. The Morgan fingerprint density at radius 2 is 2.57 bits per heavy atom. The topological polar surface area (TPSA) is 17.3 Å². The molecule has 0 amide bonds. The van der Waals surface area contributed by atoms with Gasteiger partial charge in [0.05, 0.1) is 0 Å². The molecule has 2 nitrogen and oxygen atoms in total. The van der Waals surface area contributed by atoms with E-state index in [0.717, 1.165) is 5.82 Å². The predicted molar refractivity (Wildman–Crippen MR) is 29.4 cm³/mol. The van der Waals surface area contributed by atoms with Crippen molar-refractivity contribution in [3.8, 4) is 0 Å². The smallest absolute Gasteiger partial charge is 0.0585 e. The van der Waals surface area contributed by atoms with Crippen molar-refractivity contribution in [1.29, 1.82) is 0 Å². The van der Waals surface area contributed by atoms with E-state index in [9.17, 15) is 0 Å². The molecule has 0 aliphatic carbocycles. The third-order valence-electron chi connectivity index (χ3n) is 0.921. The van der Waals surface area contributed by atoms with Gasteiger partial charge in [0.25, 0.3) is 0 Å². The van der Waals surface area contributed by atoms with Gasteiger partial charge in [-0.25, -0.2) is 0 Å². The maximum Gasteiger partial charge on any atom is -0.0585 e. The van der Waals surface area contributed by atoms with Crippen LogP contribution in [0.3, 0.4) is 0 Å². The van der Waals surface area contributed by atoms with Gasteiger partial charge in [0, 0.05) is 0 Å². The Labute approximate surface area is 43.1 Å². The Morgan fingerprint density at radius 3 is 2.71 bits per heavy atom. The van der Waals surface area contributed by atoms with Crippen LogP contribution in [0.1, 0.15) is 0 Å². The summed E-state index contributed by atoms with van der Waals surface area (Å²) in [5.41, 5.74) is 0. The molecule has 1 aliphatic rings. The molecule has 0 atom stereocenters. The molecule has 0 aromatic rings. The van der Waals surface area contributed by atoms with Gasteiger partial charge in [0.15, 0.2) is 0 Å². The van der Waals surface area contributed by atoms with Gasteiger partial charge in [-0.1, -0.05) is 31.8 Å². The first kappa shape index (κ1) is 4.24. The van der Waals surface area contributed by atoms with Crippen molar-refractivity contribution in [3.05, 3.63) is 30.1 Å². The van der Waals surface area contributed by atoms with E-state index in [1.54, 1.807) is 6.20 Å². The van der Waals surface area contributed by atoms with Crippen LogP contribution < -0.4 is 0 Å². The minimum absolute atomic E-state index is 0.806. The van der Waals surface area contributed by atoms with Crippen molar-refractivity contribution >= 4 is 0 Å². The molecule has 0 fully saturated rings. The zero-order valence-corrected chi connectivity index (χ0v) is 4.26. The van der Waals surface area contributed by atoms with E-state index in [0.29, 0.717) is 0 Å². The number of nitrogens with zero attached hydrogens (tertiary/aromatic N) is 2. The summed E-state index contributed by atoms with van der Waals surface area (Å²) < 4.78 is 0. The fourth-order valence-electron chi connectivity index (χ4n) is 0.396. The lowest BCUT2D eigenvalue weighted by atomic mass is 10.7. The Kier molecular flexibility index (Phi) is 0.785. The van der Waals surface area contributed by atoms with Crippen LogP contribution in [0.4, 0.5) is 0 Å². The summed E-state index contributed by atoms with van der Waals surface area (Å²) in [6.45, 7) is 3.63. The molecule has 0 spiro atoms. The monoisotopic (exact) mass is 95.1 g/mol. The summed E-state index contributed by atoms with van der Waals surface area (Å²) in [7, 11) is 1.91. The lowest BCUT2D eigenvalue weighted by molar-refractivity contribution is 0.606. The van der Waals surface area contributed by atoms with Gasteiger partial charge in [0.2, 0.25) is 0 Å². The van der Waals surface area contributed by atoms with Crippen LogP contribution in [0.5, 0.6) is 0 Å². The Morgan fingerprint density at radius 1 is 1.86 bits per heavy atom. The predicted octanol–water partition coefficient (Wildman–Crippen LogP) is 1.25. The summed E-state index contributed by atoms with van der Waals surface area (Å²) in [5.74, 6) is 0.806. The van der Waals surface area contributed by atoms with Crippen molar-refractivity contribution in [2.75, 3.05) is 7.05 Å². The molecule has 2 heteroatoms. The first-order chi connectivity index (χ1) is 3.30. The average Bonchev–Trinajstić information content (AvgIpc) is 1.91. The normalized spacial score (nSPS) is 17.9. The molecule has 0 unspecified atom stereocenters. The first-order valence-electron chi connectivity index (χ1n) is 2.10. The van der Waals surface area contributed by atoms with Crippen LogP contribution in [0, 0.1) is 0 Å². The summed E-state index contributed by atoms with van der Waals surface area (Å²) in [6.07, 6.45) is 3.59. The molecular weight excluding hydrogens is 88.1 g/mol. The fourth-order valence-corrected chi connectivity index (χ4v) is 0.396. The van der Waals surface area contributed by atoms with Crippen LogP contribution >= 0.6 is 0 Å². The molecule has 1 aliphatic heterocycles. The molecule has 0 saturated heterocycles. The minimum atomic E-state index is 0.806. The molecule has 1 heterocycles. The largest absolute Gasteiger partial charge is 0.453 e. The van der Waals surface area contributed by atoms with E-state index in [-0.39, 0.29) is 0 Å². The Hall–Kier alpha value is -0.920. The van der Waals surface area contributed by atoms with Crippen molar-refractivity contribution < 1.29 is 0 Å². The molecule has 0 aromatic heterocycles. The summed E-state index contributed by atoms with van der Waals surface area (Å²) in [4.78, 5) is 1.86. The molecule has 0 bridgehead atoms. The van der Waals surface area contributed by atoms with Crippen molar-refractivity contribution in [3.63, 3.8) is 0 Å². The van der Waals surface area contributed by atoms with E-state index >= 15 is 0 Å². The molecule has 38 valence electrons. The number of hydrogen-bond acceptors (Lipinski definition) is 1. The van der Waals surface area contributed by atoms with E-state index in [2.05, 4.69) is 11.9 Å². The Balaban J connectivity index is 2.62. The number of rotatable bonds is 0. The molecule has 0 radical (unpaired) electrons. The second-order valence-corrected chi connectivity index (χ2v) is 1.45. The van der Waals surface area contributed by atoms with Crippen molar-refractivity contribution in [1.82, 2.24) is 4.90 Å². The van der Waals surface area contributed by atoms with Crippen LogP contribution in [0.15, 0.2) is 24.8 Å². The third-order valence-corrected chi connectivity index (χ3v) is 0.921. The van der Waals surface area contributed by atoms with Gasteiger partial charge in [-0.05, 0) is 0 Å². The van der Waals surface area contributed by atoms with Gasteiger partial charge < -0.3 is 10.2 Å². The third kappa shape index (κ3) is 0.585.